The van der Waals surface area contributed by atoms with Gasteiger partial charge in [0.15, 0.2) is 0 Å². The molecule has 0 radical (unpaired) electrons. The fourth-order valence-electron chi connectivity index (χ4n) is 3.36. The van der Waals surface area contributed by atoms with Crippen molar-refractivity contribution >= 4 is 11.8 Å². The zero-order valence-electron chi connectivity index (χ0n) is 16.2. The van der Waals surface area contributed by atoms with Gasteiger partial charge in [0.25, 0.3) is 0 Å². The van der Waals surface area contributed by atoms with Crippen molar-refractivity contribution in [1.29, 1.82) is 0 Å². The molecule has 6 heteroatoms. The van der Waals surface area contributed by atoms with Crippen LogP contribution in [0.2, 0.25) is 0 Å². The van der Waals surface area contributed by atoms with Crippen LogP contribution >= 0.6 is 0 Å². The SMILES string of the molecule is CN(C)Cc1ccc(CCNC(=O)NC2CCN(c3ccccn3)C2)cc1. The second kappa shape index (κ2) is 9.37. The highest BCUT2D eigenvalue weighted by Crippen LogP contribution is 2.17. The lowest BCUT2D eigenvalue weighted by Crippen LogP contribution is -2.44. The average molecular weight is 367 g/mol. The molecule has 0 saturated carbocycles. The van der Waals surface area contributed by atoms with Gasteiger partial charge in [-0.3, -0.25) is 0 Å². The van der Waals surface area contributed by atoms with Crippen LogP contribution in [0.25, 0.3) is 0 Å². The molecule has 2 amide bonds. The van der Waals surface area contributed by atoms with Gasteiger partial charge in [-0.2, -0.15) is 0 Å². The number of nitrogens with zero attached hydrogens (tertiary/aromatic N) is 3. The van der Waals surface area contributed by atoms with Crippen LogP contribution in [-0.2, 0) is 13.0 Å². The molecule has 1 aliphatic heterocycles. The molecule has 1 aromatic carbocycles. The first-order valence-corrected chi connectivity index (χ1v) is 9.53. The number of carbonyl (C=O) groups is 1. The summed E-state index contributed by atoms with van der Waals surface area (Å²) >= 11 is 0. The number of pyridine rings is 1. The largest absolute Gasteiger partial charge is 0.354 e. The van der Waals surface area contributed by atoms with E-state index in [9.17, 15) is 4.79 Å². The zero-order valence-corrected chi connectivity index (χ0v) is 16.2. The summed E-state index contributed by atoms with van der Waals surface area (Å²) in [7, 11) is 4.13. The third-order valence-electron chi connectivity index (χ3n) is 4.72. The van der Waals surface area contributed by atoms with Crippen molar-refractivity contribution < 1.29 is 4.79 Å². The topological polar surface area (TPSA) is 60.5 Å². The number of rotatable bonds is 7. The van der Waals surface area contributed by atoms with E-state index in [0.29, 0.717) is 6.54 Å². The Kier molecular flexibility index (Phi) is 6.65. The number of hydrogen-bond acceptors (Lipinski definition) is 4. The Bertz CT molecular complexity index is 717. The van der Waals surface area contributed by atoms with Crippen molar-refractivity contribution in [2.45, 2.75) is 25.4 Å². The van der Waals surface area contributed by atoms with Crippen molar-refractivity contribution in [2.75, 3.05) is 38.6 Å². The molecule has 3 rings (SSSR count). The van der Waals surface area contributed by atoms with E-state index >= 15 is 0 Å². The van der Waals surface area contributed by atoms with Gasteiger partial charge in [-0.25, -0.2) is 9.78 Å². The molecule has 2 heterocycles. The fourth-order valence-corrected chi connectivity index (χ4v) is 3.36. The van der Waals surface area contributed by atoms with Crippen LogP contribution in [0.4, 0.5) is 10.6 Å². The highest BCUT2D eigenvalue weighted by Gasteiger charge is 2.24. The minimum absolute atomic E-state index is 0.0906. The Morgan fingerprint density at radius 1 is 1.19 bits per heavy atom. The number of aromatic nitrogens is 1. The number of carbonyl (C=O) groups excluding carboxylic acids is 1. The molecule has 1 unspecified atom stereocenters. The minimum atomic E-state index is -0.0906. The minimum Gasteiger partial charge on any atom is -0.354 e. The molecule has 1 fully saturated rings. The molecule has 0 aliphatic carbocycles. The van der Waals surface area contributed by atoms with E-state index in [1.54, 1.807) is 6.20 Å². The molecule has 1 aliphatic rings. The van der Waals surface area contributed by atoms with Crippen LogP contribution in [0.3, 0.4) is 0 Å². The number of benzene rings is 1. The summed E-state index contributed by atoms with van der Waals surface area (Å²) in [5.74, 6) is 0.972. The maximum Gasteiger partial charge on any atom is 0.315 e. The van der Waals surface area contributed by atoms with E-state index in [0.717, 1.165) is 38.3 Å². The Morgan fingerprint density at radius 3 is 2.67 bits per heavy atom. The standard InChI is InChI=1S/C21H29N5O/c1-25(2)15-18-8-6-17(7-9-18)10-13-23-21(27)24-19-11-14-26(16-19)20-5-3-4-12-22-20/h3-9,12,19H,10-11,13-16H2,1-2H3,(H2,23,24,27). The van der Waals surface area contributed by atoms with Gasteiger partial charge in [0.2, 0.25) is 0 Å². The summed E-state index contributed by atoms with van der Waals surface area (Å²) in [6.07, 6.45) is 3.58. The van der Waals surface area contributed by atoms with Gasteiger partial charge in [-0.1, -0.05) is 30.3 Å². The third kappa shape index (κ3) is 5.96. The maximum absolute atomic E-state index is 12.1. The highest BCUT2D eigenvalue weighted by molar-refractivity contribution is 5.74. The second-order valence-corrected chi connectivity index (χ2v) is 7.32. The quantitative estimate of drug-likeness (QED) is 0.788. The first kappa shape index (κ1) is 19.2. The number of anilines is 1. The molecule has 6 nitrogen and oxygen atoms in total. The monoisotopic (exact) mass is 367 g/mol. The lowest BCUT2D eigenvalue weighted by Gasteiger charge is -2.18. The van der Waals surface area contributed by atoms with Crippen molar-refractivity contribution in [3.8, 4) is 0 Å². The molecule has 0 spiro atoms. The van der Waals surface area contributed by atoms with Crippen LogP contribution in [-0.4, -0.2) is 55.7 Å². The van der Waals surface area contributed by atoms with Crippen molar-refractivity contribution in [1.82, 2.24) is 20.5 Å². The molecule has 2 aromatic rings. The molecule has 0 bridgehead atoms. The molecular weight excluding hydrogens is 338 g/mol. The summed E-state index contributed by atoms with van der Waals surface area (Å²) in [6.45, 7) is 3.30. The normalized spacial score (nSPS) is 16.6. The van der Waals surface area contributed by atoms with Crippen molar-refractivity contribution in [3.63, 3.8) is 0 Å². The Balaban J connectivity index is 1.36. The summed E-state index contributed by atoms with van der Waals surface area (Å²) in [5, 5.41) is 6.04. The molecule has 1 atom stereocenters. The molecule has 1 aromatic heterocycles. The predicted molar refractivity (Wildman–Crippen MR) is 109 cm³/mol. The predicted octanol–water partition coefficient (Wildman–Crippen LogP) is 2.26. The van der Waals surface area contributed by atoms with Crippen LogP contribution in [0.5, 0.6) is 0 Å². The molecular formula is C21H29N5O. The third-order valence-corrected chi connectivity index (χ3v) is 4.72. The molecule has 2 N–H and O–H groups in total. The molecule has 27 heavy (non-hydrogen) atoms. The van der Waals surface area contributed by atoms with Gasteiger partial charge in [0, 0.05) is 38.4 Å². The number of nitrogens with one attached hydrogen (secondary N) is 2. The summed E-state index contributed by atoms with van der Waals surface area (Å²) in [6, 6.07) is 14.6. The first-order chi connectivity index (χ1) is 13.1. The van der Waals surface area contributed by atoms with Crippen LogP contribution < -0.4 is 15.5 Å². The molecule has 144 valence electrons. The summed E-state index contributed by atoms with van der Waals surface area (Å²) in [5.41, 5.74) is 2.54. The number of hydrogen-bond donors (Lipinski definition) is 2. The number of amides is 2. The van der Waals surface area contributed by atoms with Gasteiger partial charge in [-0.15, -0.1) is 0 Å². The lowest BCUT2D eigenvalue weighted by molar-refractivity contribution is 0.238. The molecule has 1 saturated heterocycles. The zero-order chi connectivity index (χ0) is 19.1. The van der Waals surface area contributed by atoms with E-state index in [-0.39, 0.29) is 12.1 Å². The van der Waals surface area contributed by atoms with E-state index in [2.05, 4.69) is 63.8 Å². The van der Waals surface area contributed by atoms with Crippen LogP contribution in [0.1, 0.15) is 17.5 Å². The van der Waals surface area contributed by atoms with Gasteiger partial charge in [0.05, 0.1) is 0 Å². The first-order valence-electron chi connectivity index (χ1n) is 9.53. The maximum atomic E-state index is 12.1. The summed E-state index contributed by atoms with van der Waals surface area (Å²) < 4.78 is 0. The highest BCUT2D eigenvalue weighted by atomic mass is 16.2. The van der Waals surface area contributed by atoms with E-state index in [1.807, 2.05) is 18.2 Å². The van der Waals surface area contributed by atoms with Gasteiger partial charge in [-0.05, 0) is 50.2 Å². The number of urea groups is 1. The van der Waals surface area contributed by atoms with Gasteiger partial charge < -0.3 is 20.4 Å². The van der Waals surface area contributed by atoms with Gasteiger partial charge in [0.1, 0.15) is 5.82 Å². The summed E-state index contributed by atoms with van der Waals surface area (Å²) in [4.78, 5) is 20.9. The second-order valence-electron chi connectivity index (χ2n) is 7.32. The van der Waals surface area contributed by atoms with Gasteiger partial charge >= 0.3 is 6.03 Å². The van der Waals surface area contributed by atoms with E-state index in [4.69, 9.17) is 0 Å². The Morgan fingerprint density at radius 2 is 1.96 bits per heavy atom. The van der Waals surface area contributed by atoms with Crippen LogP contribution in [0, 0.1) is 0 Å². The van der Waals surface area contributed by atoms with E-state index in [1.165, 1.54) is 11.1 Å². The van der Waals surface area contributed by atoms with E-state index < -0.39 is 0 Å². The smallest absolute Gasteiger partial charge is 0.315 e. The Labute approximate surface area is 161 Å². The van der Waals surface area contributed by atoms with Crippen molar-refractivity contribution in [2.24, 2.45) is 0 Å². The Hall–Kier alpha value is -2.60. The average Bonchev–Trinajstić information content (AvgIpc) is 3.12. The van der Waals surface area contributed by atoms with Crippen molar-refractivity contribution in [3.05, 3.63) is 59.8 Å². The lowest BCUT2D eigenvalue weighted by atomic mass is 10.1. The fraction of sp³-hybridized carbons (Fsp3) is 0.429. The van der Waals surface area contributed by atoms with Crippen LogP contribution in [0.15, 0.2) is 48.7 Å².